The highest BCUT2D eigenvalue weighted by Gasteiger charge is 2.56. The molecule has 2 atom stereocenters. The average molecular weight is 385 g/mol. The summed E-state index contributed by atoms with van der Waals surface area (Å²) >= 11 is 0. The monoisotopic (exact) mass is 385 g/mol. The third-order valence-electron chi connectivity index (χ3n) is 5.78. The van der Waals surface area contributed by atoms with Crippen molar-refractivity contribution in [2.24, 2.45) is 0 Å². The van der Waals surface area contributed by atoms with E-state index in [1.807, 2.05) is 35.0 Å². The molecule has 2 heterocycles. The number of para-hydroxylation sites is 1. The number of hydrogen-bond donors (Lipinski definition) is 0. The van der Waals surface area contributed by atoms with Gasteiger partial charge in [-0.05, 0) is 54.8 Å². The fourth-order valence-electron chi connectivity index (χ4n) is 4.23. The fourth-order valence-corrected chi connectivity index (χ4v) is 4.23. The second-order valence-electron chi connectivity index (χ2n) is 7.70. The summed E-state index contributed by atoms with van der Waals surface area (Å²) in [7, 11) is 1.69. The molecule has 0 saturated carbocycles. The van der Waals surface area contributed by atoms with Gasteiger partial charge in [0.15, 0.2) is 0 Å². The van der Waals surface area contributed by atoms with Crippen LogP contribution in [-0.4, -0.2) is 28.7 Å². The molecule has 0 spiro atoms. The van der Waals surface area contributed by atoms with Gasteiger partial charge in [0.05, 0.1) is 19.2 Å². The van der Waals surface area contributed by atoms with Gasteiger partial charge >= 0.3 is 0 Å². The van der Waals surface area contributed by atoms with Crippen molar-refractivity contribution in [3.05, 3.63) is 89.0 Å². The molecule has 1 aliphatic heterocycles. The first-order valence-electron chi connectivity index (χ1n) is 9.78. The van der Waals surface area contributed by atoms with E-state index >= 15 is 0 Å². The van der Waals surface area contributed by atoms with Crippen molar-refractivity contribution >= 4 is 11.0 Å². The molecule has 3 aromatic carbocycles. The minimum atomic E-state index is -0.487. The van der Waals surface area contributed by atoms with Gasteiger partial charge in [-0.1, -0.05) is 53.2 Å². The molecule has 0 N–H and O–H groups in total. The van der Waals surface area contributed by atoms with Crippen molar-refractivity contribution in [1.29, 1.82) is 0 Å². The Morgan fingerprint density at radius 1 is 1.03 bits per heavy atom. The highest BCUT2D eigenvalue weighted by Crippen LogP contribution is 2.52. The van der Waals surface area contributed by atoms with E-state index in [9.17, 15) is 0 Å². The molecule has 146 valence electrons. The van der Waals surface area contributed by atoms with E-state index in [2.05, 4.69) is 60.6 Å². The van der Waals surface area contributed by atoms with E-state index in [-0.39, 0.29) is 6.04 Å². The first-order valence-corrected chi connectivity index (χ1v) is 9.78. The van der Waals surface area contributed by atoms with Crippen LogP contribution in [0.4, 0.5) is 0 Å². The van der Waals surface area contributed by atoms with Crippen molar-refractivity contribution in [2.75, 3.05) is 13.7 Å². The number of fused-ring (bicyclic) bond motifs is 1. The topological polar surface area (TPSA) is 52.5 Å². The van der Waals surface area contributed by atoms with Crippen LogP contribution in [0.5, 0.6) is 5.75 Å². The van der Waals surface area contributed by atoms with Gasteiger partial charge < -0.3 is 9.47 Å². The summed E-state index contributed by atoms with van der Waals surface area (Å²) in [6.07, 6.45) is 0. The number of methoxy groups -OCH3 is 1. The average Bonchev–Trinajstić information content (AvgIpc) is 3.43. The Bertz CT molecular complexity index is 1190. The Labute approximate surface area is 169 Å². The molecule has 1 saturated heterocycles. The maximum Gasteiger partial charge on any atom is 0.143 e. The molecule has 29 heavy (non-hydrogen) atoms. The molecule has 1 fully saturated rings. The van der Waals surface area contributed by atoms with Crippen molar-refractivity contribution in [2.45, 2.75) is 25.5 Å². The molecule has 5 heteroatoms. The summed E-state index contributed by atoms with van der Waals surface area (Å²) in [6, 6.07) is 22.6. The summed E-state index contributed by atoms with van der Waals surface area (Å²) < 4.78 is 13.8. The van der Waals surface area contributed by atoms with Gasteiger partial charge in [-0.25, -0.2) is 4.68 Å². The predicted octanol–water partition coefficient (Wildman–Crippen LogP) is 4.57. The number of benzene rings is 3. The van der Waals surface area contributed by atoms with Gasteiger partial charge in [0, 0.05) is 0 Å². The largest absolute Gasteiger partial charge is 0.497 e. The Kier molecular flexibility index (Phi) is 4.14. The maximum atomic E-state index is 6.25. The highest BCUT2D eigenvalue weighted by molar-refractivity contribution is 5.74. The number of nitrogens with zero attached hydrogens (tertiary/aromatic N) is 3. The van der Waals surface area contributed by atoms with Crippen molar-refractivity contribution in [1.82, 2.24) is 15.0 Å². The van der Waals surface area contributed by atoms with Crippen molar-refractivity contribution < 1.29 is 9.47 Å². The first kappa shape index (κ1) is 17.9. The fraction of sp³-hybridized carbons (Fsp3) is 0.250. The number of hydrogen-bond acceptors (Lipinski definition) is 4. The van der Waals surface area contributed by atoms with E-state index in [0.29, 0.717) is 6.61 Å². The SMILES string of the molecule is COc1cccc([C@H](n2nnc3ccccc32)[C@]2(c3cc(C)ccc3C)CO2)c1. The van der Waals surface area contributed by atoms with Crippen LogP contribution in [-0.2, 0) is 10.3 Å². The van der Waals surface area contributed by atoms with Crippen LogP contribution >= 0.6 is 0 Å². The second-order valence-corrected chi connectivity index (χ2v) is 7.70. The quantitative estimate of drug-likeness (QED) is 0.472. The third kappa shape index (κ3) is 2.89. The summed E-state index contributed by atoms with van der Waals surface area (Å²) in [5, 5.41) is 8.97. The molecule has 1 aromatic heterocycles. The lowest BCUT2D eigenvalue weighted by Crippen LogP contribution is -2.29. The van der Waals surface area contributed by atoms with Gasteiger partial charge in [-0.15, -0.1) is 5.10 Å². The minimum absolute atomic E-state index is 0.162. The maximum absolute atomic E-state index is 6.25. The lowest BCUT2D eigenvalue weighted by Gasteiger charge is -2.27. The number of epoxide rings is 1. The Morgan fingerprint density at radius 3 is 2.66 bits per heavy atom. The van der Waals surface area contributed by atoms with E-state index in [1.165, 1.54) is 16.7 Å². The van der Waals surface area contributed by atoms with Crippen LogP contribution in [0, 0.1) is 13.8 Å². The Hall–Kier alpha value is -3.18. The van der Waals surface area contributed by atoms with Crippen molar-refractivity contribution in [3.8, 4) is 5.75 Å². The van der Waals surface area contributed by atoms with Gasteiger partial charge in [-0.2, -0.15) is 0 Å². The first-order chi connectivity index (χ1) is 14.1. The normalized spacial score (nSPS) is 19.3. The number of aromatic nitrogens is 3. The van der Waals surface area contributed by atoms with Crippen molar-refractivity contribution in [3.63, 3.8) is 0 Å². The van der Waals surface area contributed by atoms with Gasteiger partial charge in [0.1, 0.15) is 22.9 Å². The molecule has 4 aromatic rings. The predicted molar refractivity (Wildman–Crippen MR) is 112 cm³/mol. The molecule has 5 rings (SSSR count). The van der Waals surface area contributed by atoms with Crippen LogP contribution in [0.3, 0.4) is 0 Å². The number of ether oxygens (including phenoxy) is 2. The smallest absolute Gasteiger partial charge is 0.143 e. The molecule has 5 nitrogen and oxygen atoms in total. The summed E-state index contributed by atoms with van der Waals surface area (Å²) in [5.74, 6) is 0.814. The minimum Gasteiger partial charge on any atom is -0.497 e. The lowest BCUT2D eigenvalue weighted by atomic mass is 9.84. The zero-order valence-electron chi connectivity index (χ0n) is 16.8. The molecular weight excluding hydrogens is 362 g/mol. The van der Waals surface area contributed by atoms with Gasteiger partial charge in [0.2, 0.25) is 0 Å². The highest BCUT2D eigenvalue weighted by atomic mass is 16.6. The standard InChI is InChI=1S/C24H23N3O2/c1-16-11-12-17(2)20(13-16)24(15-29-24)23(18-7-6-8-19(14-18)28-3)27-22-10-5-4-9-21(22)25-26-27/h4-14,23H,15H2,1-3H3/t23-,24+/m0/s1. The molecule has 0 radical (unpaired) electrons. The zero-order chi connectivity index (χ0) is 20.0. The molecular formula is C24H23N3O2. The lowest BCUT2D eigenvalue weighted by molar-refractivity contribution is 0.234. The second kappa shape index (κ2) is 6.71. The van der Waals surface area contributed by atoms with Crippen LogP contribution in [0.2, 0.25) is 0 Å². The molecule has 0 bridgehead atoms. The number of rotatable bonds is 5. The molecule has 1 aliphatic rings. The van der Waals surface area contributed by atoms with Crippen LogP contribution in [0.15, 0.2) is 66.7 Å². The summed E-state index contributed by atoms with van der Waals surface area (Å²) in [5.41, 5.74) is 6.08. The van der Waals surface area contributed by atoms with E-state index in [4.69, 9.17) is 9.47 Å². The third-order valence-corrected chi connectivity index (χ3v) is 5.78. The van der Waals surface area contributed by atoms with E-state index < -0.39 is 5.60 Å². The van der Waals surface area contributed by atoms with Gasteiger partial charge in [-0.3, -0.25) is 0 Å². The van der Waals surface area contributed by atoms with Gasteiger partial charge in [0.25, 0.3) is 0 Å². The van der Waals surface area contributed by atoms with Crippen LogP contribution in [0.1, 0.15) is 28.3 Å². The van der Waals surface area contributed by atoms with E-state index in [1.54, 1.807) is 7.11 Å². The van der Waals surface area contributed by atoms with E-state index in [0.717, 1.165) is 22.3 Å². The molecule has 0 aliphatic carbocycles. The number of aryl methyl sites for hydroxylation is 2. The summed E-state index contributed by atoms with van der Waals surface area (Å²) in [4.78, 5) is 0. The molecule has 0 amide bonds. The zero-order valence-corrected chi connectivity index (χ0v) is 16.8. The molecule has 0 unspecified atom stereocenters. The Balaban J connectivity index is 1.76. The Morgan fingerprint density at radius 2 is 1.86 bits per heavy atom. The van der Waals surface area contributed by atoms with Crippen LogP contribution in [0.25, 0.3) is 11.0 Å². The summed E-state index contributed by atoms with van der Waals surface area (Å²) in [6.45, 7) is 4.89. The van der Waals surface area contributed by atoms with Crippen LogP contribution < -0.4 is 4.74 Å².